The van der Waals surface area contributed by atoms with Crippen molar-refractivity contribution in [3.8, 4) is 0 Å². The molecule has 3 saturated heterocycles. The fourth-order valence-corrected chi connectivity index (χ4v) is 5.11. The van der Waals surface area contributed by atoms with E-state index in [0.29, 0.717) is 6.61 Å². The molecule has 0 aliphatic carbocycles. The van der Waals surface area contributed by atoms with Crippen LogP contribution in [0, 0.1) is 0 Å². The molecule has 5 rings (SSSR count). The molecule has 0 bridgehead atoms. The number of hydrogen-bond acceptors (Lipinski definition) is 8. The maximum absolute atomic E-state index is 11.5. The Balaban J connectivity index is 0.000000354. The van der Waals surface area contributed by atoms with Crippen molar-refractivity contribution < 1.29 is 54.1 Å². The van der Waals surface area contributed by atoms with E-state index in [-0.39, 0.29) is 65.6 Å². The van der Waals surface area contributed by atoms with Crippen LogP contribution in [0.4, 0.5) is 0 Å². The van der Waals surface area contributed by atoms with Crippen LogP contribution in [0.3, 0.4) is 0 Å². The second-order valence-electron chi connectivity index (χ2n) is 13.0. The van der Waals surface area contributed by atoms with E-state index in [1.54, 1.807) is 20.8 Å². The third kappa shape index (κ3) is 18.5. The molecule has 0 unspecified atom stereocenters. The van der Waals surface area contributed by atoms with Crippen LogP contribution < -0.4 is 45.7 Å². The Morgan fingerprint density at radius 3 is 1.67 bits per heavy atom. The number of nitrogens with zero attached hydrogens (tertiary/aromatic N) is 2. The first kappa shape index (κ1) is 42.9. The number of aliphatic hydroxyl groups excluding tert-OH is 1. The van der Waals surface area contributed by atoms with Crippen molar-refractivity contribution >= 4 is 34.4 Å². The molecule has 3 fully saturated rings. The summed E-state index contributed by atoms with van der Waals surface area (Å²) in [6, 6.07) is 21.0. The molecule has 0 aromatic heterocycles. The topological polar surface area (TPSA) is 131 Å². The molecule has 252 valence electrons. The van der Waals surface area contributed by atoms with Crippen LogP contribution in [0.25, 0.3) is 0 Å². The van der Waals surface area contributed by atoms with Gasteiger partial charge in [0.05, 0.1) is 24.6 Å². The maximum atomic E-state index is 11.5. The number of piperidine rings is 2. The molecule has 3 aliphatic heterocycles. The van der Waals surface area contributed by atoms with Crippen LogP contribution in [0.5, 0.6) is 0 Å². The van der Waals surface area contributed by atoms with Crippen LogP contribution in [-0.2, 0) is 27.4 Å². The van der Waals surface area contributed by atoms with Crippen LogP contribution >= 0.6 is 23.2 Å². The molecular weight excluding hydrogens is 638 g/mol. The van der Waals surface area contributed by atoms with Gasteiger partial charge in [0.1, 0.15) is 6.61 Å². The third-order valence-corrected chi connectivity index (χ3v) is 8.11. The smallest absolute Gasteiger partial charge is 0.850 e. The van der Waals surface area contributed by atoms with Crippen molar-refractivity contribution in [3.05, 3.63) is 71.8 Å². The van der Waals surface area contributed by atoms with Gasteiger partial charge in [0.2, 0.25) is 11.1 Å². The zero-order chi connectivity index (χ0) is 33.3. The molecule has 2 aromatic carbocycles. The number of halogens is 2. The molecule has 0 saturated carbocycles. The Kier molecular flexibility index (Phi) is 20.4. The Labute approximate surface area is 307 Å². The number of carbonyl (C=O) groups excluding carboxylic acids is 2. The van der Waals surface area contributed by atoms with E-state index in [1.807, 2.05) is 12.1 Å². The number of nitrogens with one attached hydrogen (secondary N) is 1. The largest absolute Gasteiger partial charge is 1.00 e. The number of benzene rings is 2. The standard InChI is InChI=1S/C15H20N2O2.C13H20N2O.C4H9O.C2H2Cl2O.Na/c18-14-11-19-12-15(16-14)6-8-17(9-7-15)10-13-4-2-1-3-5-13;14-13(11-16)6-8-15(9-7-13)10-12-4-2-1-3-5-12;1-4(2,3)5;3-1-2(4)5;/h1-5H,6-12H2,(H,16,18);1-5,16H,6-11,14H2;1-3H3;1H2;/q;;-1;;+1. The number of carbonyl (C=O) groups is 2. The van der Waals surface area contributed by atoms with Gasteiger partial charge in [0.25, 0.3) is 0 Å². The maximum Gasteiger partial charge on any atom is 1.00 e. The van der Waals surface area contributed by atoms with Gasteiger partial charge in [-0.3, -0.25) is 19.4 Å². The molecule has 3 heterocycles. The Morgan fingerprint density at radius 1 is 0.935 bits per heavy atom. The summed E-state index contributed by atoms with van der Waals surface area (Å²) in [6.45, 7) is 11.8. The summed E-state index contributed by atoms with van der Waals surface area (Å²) in [5.41, 5.74) is 7.53. The normalized spacial score (nSPS) is 19.0. The Bertz CT molecular complexity index is 1120. The molecule has 9 nitrogen and oxygen atoms in total. The van der Waals surface area contributed by atoms with Crippen molar-refractivity contribution in [3.63, 3.8) is 0 Å². The number of nitrogens with two attached hydrogens (primary N) is 1. The summed E-state index contributed by atoms with van der Waals surface area (Å²) in [4.78, 5) is 25.7. The summed E-state index contributed by atoms with van der Waals surface area (Å²) in [5.74, 6) is -0.0653. The third-order valence-electron chi connectivity index (χ3n) is 7.60. The minimum Gasteiger partial charge on any atom is -0.850 e. The molecule has 2 aromatic rings. The van der Waals surface area contributed by atoms with Gasteiger partial charge in [-0.15, -0.1) is 17.2 Å². The van der Waals surface area contributed by atoms with Gasteiger partial charge in [-0.1, -0.05) is 81.4 Å². The van der Waals surface area contributed by atoms with Crippen molar-refractivity contribution in [2.24, 2.45) is 5.73 Å². The summed E-state index contributed by atoms with van der Waals surface area (Å²) in [6.07, 6.45) is 3.73. The summed E-state index contributed by atoms with van der Waals surface area (Å²) in [5, 5.41) is 21.9. The zero-order valence-electron chi connectivity index (χ0n) is 28.0. The minimum absolute atomic E-state index is 0. The summed E-state index contributed by atoms with van der Waals surface area (Å²) >= 11 is 9.55. The average molecular weight is 690 g/mol. The van der Waals surface area contributed by atoms with Gasteiger partial charge in [0.15, 0.2) is 0 Å². The number of ether oxygens (including phenoxy) is 1. The molecule has 3 aliphatic rings. The minimum atomic E-state index is -0.750. The molecule has 12 heteroatoms. The first-order valence-electron chi connectivity index (χ1n) is 15.5. The van der Waals surface area contributed by atoms with Gasteiger partial charge in [-0.25, -0.2) is 0 Å². The Hall–Kier alpha value is -1.08. The number of morpholine rings is 1. The van der Waals surface area contributed by atoms with E-state index < -0.39 is 10.8 Å². The predicted molar refractivity (Wildman–Crippen MR) is 179 cm³/mol. The van der Waals surface area contributed by atoms with Crippen LogP contribution in [0.15, 0.2) is 60.7 Å². The van der Waals surface area contributed by atoms with Crippen molar-refractivity contribution in [1.29, 1.82) is 0 Å². The fraction of sp³-hybridized carbons (Fsp3) is 0.588. The van der Waals surface area contributed by atoms with E-state index in [2.05, 4.69) is 63.6 Å². The SMILES string of the molecule is CC(C)(C)[O-].NC1(CO)CCN(Cc2ccccc2)CC1.O=C(Cl)CCl.O=C1COCC2(CCN(Cc3ccccc3)CC2)N1.[Na+]. The fourth-order valence-electron chi connectivity index (χ4n) is 5.11. The molecular formula is C34H51Cl2N4NaO5. The number of likely N-dealkylation sites (tertiary alicyclic amines) is 2. The van der Waals surface area contributed by atoms with Gasteiger partial charge in [-0.05, 0) is 48.4 Å². The number of amides is 1. The summed E-state index contributed by atoms with van der Waals surface area (Å²) in [7, 11) is 0. The van der Waals surface area contributed by atoms with Crippen LogP contribution in [-0.4, -0.2) is 94.6 Å². The first-order chi connectivity index (χ1) is 21.2. The second kappa shape index (κ2) is 21.8. The first-order valence-corrected chi connectivity index (χ1v) is 16.4. The van der Waals surface area contributed by atoms with Crippen LogP contribution in [0.1, 0.15) is 57.6 Å². The van der Waals surface area contributed by atoms with Crippen LogP contribution in [0.2, 0.25) is 0 Å². The number of alkyl halides is 1. The Morgan fingerprint density at radius 2 is 1.33 bits per heavy atom. The zero-order valence-corrected chi connectivity index (χ0v) is 31.5. The number of aliphatic hydroxyl groups is 1. The molecule has 1 spiro atoms. The second-order valence-corrected chi connectivity index (χ2v) is 13.7. The predicted octanol–water partition coefficient (Wildman–Crippen LogP) is 0.280. The molecule has 0 radical (unpaired) electrons. The van der Waals surface area contributed by atoms with Gasteiger partial charge < -0.3 is 26.0 Å². The van der Waals surface area contributed by atoms with Gasteiger partial charge in [0, 0.05) is 44.8 Å². The van der Waals surface area contributed by atoms with E-state index in [9.17, 15) is 19.8 Å². The molecule has 1 amide bonds. The summed E-state index contributed by atoms with van der Waals surface area (Å²) < 4.78 is 5.40. The average Bonchev–Trinajstić information content (AvgIpc) is 3.01. The monoisotopic (exact) mass is 688 g/mol. The quantitative estimate of drug-likeness (QED) is 0.224. The molecule has 0 atom stereocenters. The van der Waals surface area contributed by atoms with E-state index >= 15 is 0 Å². The van der Waals surface area contributed by atoms with E-state index in [1.165, 1.54) is 11.1 Å². The molecule has 4 N–H and O–H groups in total. The number of rotatable bonds is 6. The van der Waals surface area contributed by atoms with Crippen molar-refractivity contribution in [1.82, 2.24) is 15.1 Å². The number of hydrogen-bond donors (Lipinski definition) is 3. The van der Waals surface area contributed by atoms with E-state index in [4.69, 9.17) is 33.7 Å². The van der Waals surface area contributed by atoms with Crippen molar-refractivity contribution in [2.75, 3.05) is 51.9 Å². The molecule has 46 heavy (non-hydrogen) atoms. The van der Waals surface area contributed by atoms with Crippen molar-refractivity contribution in [2.45, 2.75) is 76.2 Å². The van der Waals surface area contributed by atoms with Gasteiger partial charge in [-0.2, -0.15) is 0 Å². The van der Waals surface area contributed by atoms with E-state index in [0.717, 1.165) is 65.0 Å². The van der Waals surface area contributed by atoms with Gasteiger partial charge >= 0.3 is 29.6 Å².